The average molecular weight is 276 g/mol. The monoisotopic (exact) mass is 276 g/mol. The second-order valence-corrected chi connectivity index (χ2v) is 6.18. The summed E-state index contributed by atoms with van der Waals surface area (Å²) in [6.45, 7) is 3.54. The molecule has 0 aromatic heterocycles. The molecule has 0 aromatic rings. The van der Waals surface area contributed by atoms with E-state index in [1.807, 2.05) is 12.2 Å². The van der Waals surface area contributed by atoms with Crippen LogP contribution in [-0.4, -0.2) is 33.0 Å². The highest BCUT2D eigenvalue weighted by molar-refractivity contribution is 6.00. The van der Waals surface area contributed by atoms with E-state index in [0.29, 0.717) is 12.8 Å². The summed E-state index contributed by atoms with van der Waals surface area (Å²) in [4.78, 5) is 24.6. The Morgan fingerprint density at radius 3 is 2.30 bits per heavy atom. The lowest BCUT2D eigenvalue weighted by molar-refractivity contribution is -0.181. The van der Waals surface area contributed by atoms with Gasteiger partial charge in [-0.15, -0.1) is 0 Å². The molecule has 0 unspecified atom stereocenters. The summed E-state index contributed by atoms with van der Waals surface area (Å²) < 4.78 is 0. The highest BCUT2D eigenvalue weighted by atomic mass is 16.3. The fourth-order valence-electron chi connectivity index (χ4n) is 4.30. The van der Waals surface area contributed by atoms with Crippen LogP contribution in [0.25, 0.3) is 0 Å². The molecule has 0 amide bonds. The molecule has 4 aliphatic carbocycles. The number of fused-ring (bicyclic) bond motifs is 1. The van der Waals surface area contributed by atoms with Crippen molar-refractivity contribution in [1.29, 1.82) is 0 Å². The van der Waals surface area contributed by atoms with Crippen molar-refractivity contribution in [2.45, 2.75) is 37.9 Å². The Morgan fingerprint density at radius 1 is 1.05 bits per heavy atom. The molecule has 1 saturated carbocycles. The predicted molar refractivity (Wildman–Crippen MR) is 72.7 cm³/mol. The summed E-state index contributed by atoms with van der Waals surface area (Å²) in [5, 5.41) is 21.6. The number of Topliss-reactive ketones (excluding diaryl/α,β-unsaturated/α-hetero) is 1. The third kappa shape index (κ3) is 1.38. The molecule has 0 radical (unpaired) electrons. The summed E-state index contributed by atoms with van der Waals surface area (Å²) in [5.74, 6) is -2.01. The number of hydrogen-bond donors (Lipinski definition) is 2. The summed E-state index contributed by atoms with van der Waals surface area (Å²) in [7, 11) is 0. The summed E-state index contributed by atoms with van der Waals surface area (Å²) >= 11 is 0. The van der Waals surface area contributed by atoms with E-state index in [4.69, 9.17) is 0 Å². The molecular formula is C16H20O4. The van der Waals surface area contributed by atoms with Gasteiger partial charge < -0.3 is 10.2 Å². The first kappa shape index (κ1) is 13.7. The van der Waals surface area contributed by atoms with Crippen LogP contribution in [0.5, 0.6) is 0 Å². The van der Waals surface area contributed by atoms with Crippen LogP contribution < -0.4 is 0 Å². The molecule has 0 heterocycles. The van der Waals surface area contributed by atoms with E-state index in [0.717, 1.165) is 0 Å². The Morgan fingerprint density at radius 2 is 1.70 bits per heavy atom. The van der Waals surface area contributed by atoms with Gasteiger partial charge in [-0.3, -0.25) is 9.59 Å². The molecule has 0 aromatic carbocycles. The Balaban J connectivity index is 2.17. The zero-order valence-corrected chi connectivity index (χ0v) is 11.7. The molecule has 20 heavy (non-hydrogen) atoms. The second kappa shape index (κ2) is 4.12. The quantitative estimate of drug-likeness (QED) is 0.739. The van der Waals surface area contributed by atoms with E-state index < -0.39 is 29.0 Å². The van der Waals surface area contributed by atoms with Crippen molar-refractivity contribution in [3.63, 3.8) is 0 Å². The van der Waals surface area contributed by atoms with Crippen molar-refractivity contribution in [3.8, 4) is 0 Å². The van der Waals surface area contributed by atoms with Crippen molar-refractivity contribution in [2.75, 3.05) is 0 Å². The second-order valence-electron chi connectivity index (χ2n) is 6.18. The minimum atomic E-state index is -1.48. The van der Waals surface area contributed by atoms with Gasteiger partial charge >= 0.3 is 0 Å². The fraction of sp³-hybridized carbons (Fsp3) is 0.625. The third-order valence-corrected chi connectivity index (χ3v) is 5.55. The van der Waals surface area contributed by atoms with Crippen LogP contribution in [0, 0.1) is 23.7 Å². The largest absolute Gasteiger partial charge is 0.381 e. The Hall–Kier alpha value is -1.26. The standard InChI is InChI=1S/C16H20O4/c1-3-15(19)11-7-5-10(14(15)18)9-6-8-12(17)16(20,4-2)13(9)11/h5-11,13,19-20H,3-4H2,1-2H3/t9-,10+,11-,13-,15+,16-/m0/s1. The lowest BCUT2D eigenvalue weighted by Gasteiger charge is -2.56. The van der Waals surface area contributed by atoms with Gasteiger partial charge in [0.2, 0.25) is 0 Å². The molecule has 2 N–H and O–H groups in total. The molecule has 6 atom stereocenters. The first-order valence-corrected chi connectivity index (χ1v) is 7.30. The van der Waals surface area contributed by atoms with Crippen LogP contribution >= 0.6 is 0 Å². The molecule has 1 fully saturated rings. The number of carbonyl (C=O) groups is 2. The van der Waals surface area contributed by atoms with E-state index in [1.54, 1.807) is 19.9 Å². The number of ketones is 2. The molecular weight excluding hydrogens is 256 g/mol. The normalized spacial score (nSPS) is 49.6. The van der Waals surface area contributed by atoms with Gasteiger partial charge in [-0.05, 0) is 24.8 Å². The zero-order chi connectivity index (χ0) is 14.7. The molecule has 0 saturated heterocycles. The van der Waals surface area contributed by atoms with Crippen molar-refractivity contribution in [1.82, 2.24) is 0 Å². The van der Waals surface area contributed by atoms with Gasteiger partial charge in [0.1, 0.15) is 11.2 Å². The van der Waals surface area contributed by atoms with Gasteiger partial charge in [0.15, 0.2) is 11.6 Å². The van der Waals surface area contributed by atoms with Crippen LogP contribution in [-0.2, 0) is 9.59 Å². The van der Waals surface area contributed by atoms with E-state index in [9.17, 15) is 19.8 Å². The lowest BCUT2D eigenvalue weighted by Crippen LogP contribution is -2.67. The molecule has 4 rings (SSSR count). The van der Waals surface area contributed by atoms with Crippen LogP contribution in [0.15, 0.2) is 24.3 Å². The minimum Gasteiger partial charge on any atom is -0.381 e. The van der Waals surface area contributed by atoms with Crippen molar-refractivity contribution >= 4 is 11.6 Å². The lowest BCUT2D eigenvalue weighted by atomic mass is 9.48. The van der Waals surface area contributed by atoms with E-state index in [-0.39, 0.29) is 17.5 Å². The first-order valence-electron chi connectivity index (χ1n) is 7.30. The Labute approximate surface area is 118 Å². The maximum absolute atomic E-state index is 12.5. The van der Waals surface area contributed by atoms with Gasteiger partial charge in [0.05, 0.1) is 0 Å². The minimum absolute atomic E-state index is 0.175. The van der Waals surface area contributed by atoms with E-state index in [2.05, 4.69) is 0 Å². The number of aliphatic hydroxyl groups is 2. The molecule has 0 spiro atoms. The maximum Gasteiger partial charge on any atom is 0.187 e. The Bertz CT molecular complexity index is 535. The van der Waals surface area contributed by atoms with E-state index in [1.165, 1.54) is 6.08 Å². The van der Waals surface area contributed by atoms with E-state index >= 15 is 0 Å². The highest BCUT2D eigenvalue weighted by Gasteiger charge is 2.64. The van der Waals surface area contributed by atoms with Gasteiger partial charge in [-0.25, -0.2) is 0 Å². The first-order chi connectivity index (χ1) is 9.40. The third-order valence-electron chi connectivity index (χ3n) is 5.55. The molecule has 4 nitrogen and oxygen atoms in total. The molecule has 4 heteroatoms. The average Bonchev–Trinajstić information content (AvgIpc) is 2.47. The maximum atomic E-state index is 12.5. The van der Waals surface area contributed by atoms with Crippen molar-refractivity contribution in [3.05, 3.63) is 24.3 Å². The van der Waals surface area contributed by atoms with Gasteiger partial charge in [-0.2, -0.15) is 0 Å². The van der Waals surface area contributed by atoms with Crippen LogP contribution in [0.2, 0.25) is 0 Å². The van der Waals surface area contributed by atoms with Gasteiger partial charge in [0.25, 0.3) is 0 Å². The molecule has 4 aliphatic rings. The number of allylic oxidation sites excluding steroid dienone is 2. The topological polar surface area (TPSA) is 74.6 Å². The molecule has 108 valence electrons. The van der Waals surface area contributed by atoms with Gasteiger partial charge in [0, 0.05) is 17.8 Å². The number of hydrogen-bond acceptors (Lipinski definition) is 4. The van der Waals surface area contributed by atoms with Crippen LogP contribution in [0.3, 0.4) is 0 Å². The summed E-state index contributed by atoms with van der Waals surface area (Å²) in [6, 6.07) is 0. The van der Waals surface area contributed by atoms with Gasteiger partial charge in [-0.1, -0.05) is 32.1 Å². The SMILES string of the molecule is CC[C@]1(O)C(=O)C=C[C@@H]2[C@H]1[C@@H]1C=C[C@H]2C(=O)[C@@]1(O)CC. The molecule has 2 bridgehead atoms. The summed E-state index contributed by atoms with van der Waals surface area (Å²) in [5.41, 5.74) is -2.92. The number of carbonyl (C=O) groups excluding carboxylic acids is 2. The van der Waals surface area contributed by atoms with Crippen LogP contribution in [0.1, 0.15) is 26.7 Å². The van der Waals surface area contributed by atoms with Crippen molar-refractivity contribution in [2.24, 2.45) is 23.7 Å². The molecule has 0 aliphatic heterocycles. The predicted octanol–water partition coefficient (Wildman–Crippen LogP) is 1.02. The van der Waals surface area contributed by atoms with Crippen LogP contribution in [0.4, 0.5) is 0 Å². The number of rotatable bonds is 2. The highest BCUT2D eigenvalue weighted by Crippen LogP contribution is 2.55. The Kier molecular flexibility index (Phi) is 2.82. The zero-order valence-electron chi connectivity index (χ0n) is 11.7. The van der Waals surface area contributed by atoms with Crippen molar-refractivity contribution < 1.29 is 19.8 Å². The summed E-state index contributed by atoms with van der Waals surface area (Å²) in [6.07, 6.45) is 7.39. The smallest absolute Gasteiger partial charge is 0.187 e. The fourth-order valence-corrected chi connectivity index (χ4v) is 4.30.